The standard InChI is InChI=1S/C34H43N5O5/c1-22-19-39(23(2)21-40)32(41)27-16-10-18-29(36-33(42)35-25-13-5-4-6-14-25)31(27)44-30(22)20-38(3)34(43)37-28-17-9-12-24-11-7-8-15-26(24)28/h7-12,15-18,22-23,25,30,40H,4-6,13-14,19-21H2,1-3H3,(H,37,43)(H2,35,36,42)/t22-,23-,30-/m1/s1. The monoisotopic (exact) mass is 601 g/mol. The molecule has 0 unspecified atom stereocenters. The summed E-state index contributed by atoms with van der Waals surface area (Å²) in [4.78, 5) is 43.4. The molecule has 1 aliphatic carbocycles. The Morgan fingerprint density at radius 3 is 2.48 bits per heavy atom. The number of hydrogen-bond acceptors (Lipinski definition) is 5. The Labute approximate surface area is 258 Å². The van der Waals surface area contributed by atoms with Crippen molar-refractivity contribution in [3.05, 3.63) is 66.2 Å². The minimum absolute atomic E-state index is 0.111. The molecule has 5 amide bonds. The smallest absolute Gasteiger partial charge is 0.321 e. The number of anilines is 2. The second kappa shape index (κ2) is 14.0. The third-order valence-electron chi connectivity index (χ3n) is 8.71. The fourth-order valence-corrected chi connectivity index (χ4v) is 6.05. The Morgan fingerprint density at radius 2 is 1.70 bits per heavy atom. The van der Waals surface area contributed by atoms with E-state index in [0.717, 1.165) is 36.5 Å². The number of nitrogens with one attached hydrogen (secondary N) is 3. The number of ether oxygens (including phenoxy) is 1. The number of hydrogen-bond donors (Lipinski definition) is 4. The molecule has 1 saturated carbocycles. The lowest BCUT2D eigenvalue weighted by Gasteiger charge is -2.38. The number of para-hydroxylation sites is 1. The summed E-state index contributed by atoms with van der Waals surface area (Å²) in [6.45, 7) is 4.10. The van der Waals surface area contributed by atoms with Gasteiger partial charge in [-0.15, -0.1) is 0 Å². The molecular formula is C34H43N5O5. The first-order chi connectivity index (χ1) is 21.2. The number of likely N-dealkylation sites (N-methyl/N-ethyl adjacent to an activating group) is 1. The zero-order valence-corrected chi connectivity index (χ0v) is 25.7. The molecule has 2 aliphatic rings. The van der Waals surface area contributed by atoms with Crippen molar-refractivity contribution in [2.75, 3.05) is 37.4 Å². The minimum Gasteiger partial charge on any atom is -0.485 e. The van der Waals surface area contributed by atoms with Crippen LogP contribution in [0.2, 0.25) is 0 Å². The van der Waals surface area contributed by atoms with E-state index in [1.807, 2.05) is 49.4 Å². The molecule has 3 aromatic rings. The first-order valence-electron chi connectivity index (χ1n) is 15.5. The number of aliphatic hydroxyl groups excluding tert-OH is 1. The van der Waals surface area contributed by atoms with Crippen molar-refractivity contribution in [1.29, 1.82) is 0 Å². The number of amides is 5. The van der Waals surface area contributed by atoms with E-state index >= 15 is 0 Å². The molecule has 3 aromatic carbocycles. The van der Waals surface area contributed by atoms with Gasteiger partial charge in [-0.05, 0) is 43.4 Å². The largest absolute Gasteiger partial charge is 0.485 e. The van der Waals surface area contributed by atoms with Gasteiger partial charge in [0.1, 0.15) is 6.10 Å². The summed E-state index contributed by atoms with van der Waals surface area (Å²) in [6, 6.07) is 17.8. The summed E-state index contributed by atoms with van der Waals surface area (Å²) in [5.41, 5.74) is 1.38. The van der Waals surface area contributed by atoms with Gasteiger partial charge in [0.25, 0.3) is 5.91 Å². The third kappa shape index (κ3) is 7.07. The highest BCUT2D eigenvalue weighted by molar-refractivity contribution is 6.02. The quantitative estimate of drug-likeness (QED) is 0.278. The number of benzene rings is 3. The van der Waals surface area contributed by atoms with Crippen molar-refractivity contribution >= 4 is 40.1 Å². The molecule has 234 valence electrons. The van der Waals surface area contributed by atoms with Crippen LogP contribution >= 0.6 is 0 Å². The lowest BCUT2D eigenvalue weighted by Crippen LogP contribution is -2.50. The predicted molar refractivity (Wildman–Crippen MR) is 172 cm³/mol. The van der Waals surface area contributed by atoms with E-state index in [4.69, 9.17) is 4.74 Å². The van der Waals surface area contributed by atoms with Crippen molar-refractivity contribution < 1.29 is 24.2 Å². The van der Waals surface area contributed by atoms with Gasteiger partial charge in [0.15, 0.2) is 5.75 Å². The van der Waals surface area contributed by atoms with Gasteiger partial charge in [-0.1, -0.05) is 68.7 Å². The molecule has 1 fully saturated rings. The van der Waals surface area contributed by atoms with Crippen LogP contribution in [-0.2, 0) is 0 Å². The highest BCUT2D eigenvalue weighted by Gasteiger charge is 2.35. The van der Waals surface area contributed by atoms with E-state index in [1.54, 1.807) is 42.0 Å². The van der Waals surface area contributed by atoms with E-state index in [0.29, 0.717) is 23.5 Å². The molecule has 3 atom stereocenters. The zero-order valence-electron chi connectivity index (χ0n) is 25.7. The molecule has 0 aromatic heterocycles. The first kappa shape index (κ1) is 31.1. The summed E-state index contributed by atoms with van der Waals surface area (Å²) in [5, 5.41) is 20.9. The van der Waals surface area contributed by atoms with Gasteiger partial charge in [-0.2, -0.15) is 0 Å². The molecule has 1 aliphatic heterocycles. The Morgan fingerprint density at radius 1 is 1.00 bits per heavy atom. The third-order valence-corrected chi connectivity index (χ3v) is 8.71. The maximum absolute atomic E-state index is 13.8. The van der Waals surface area contributed by atoms with Crippen LogP contribution in [-0.4, -0.2) is 77.8 Å². The lowest BCUT2D eigenvalue weighted by molar-refractivity contribution is 0.0373. The summed E-state index contributed by atoms with van der Waals surface area (Å²) in [7, 11) is 1.71. The number of fused-ring (bicyclic) bond motifs is 2. The average molecular weight is 602 g/mol. The molecule has 44 heavy (non-hydrogen) atoms. The molecule has 0 saturated heterocycles. The van der Waals surface area contributed by atoms with Crippen molar-refractivity contribution in [3.63, 3.8) is 0 Å². The Hall–Kier alpha value is -4.31. The Kier molecular flexibility index (Phi) is 9.89. The molecule has 1 heterocycles. The minimum atomic E-state index is -0.525. The number of urea groups is 2. The molecule has 5 rings (SSSR count). The SMILES string of the molecule is C[C@@H]1CN([C@H](C)CO)C(=O)c2cccc(NC(=O)NC3CCCCC3)c2O[C@@H]1CN(C)C(=O)Nc1cccc2ccccc12. The second-order valence-corrected chi connectivity index (χ2v) is 12.1. The zero-order chi connectivity index (χ0) is 31.2. The van der Waals surface area contributed by atoms with Crippen LogP contribution in [0.25, 0.3) is 10.8 Å². The highest BCUT2D eigenvalue weighted by atomic mass is 16.5. The Bertz CT molecular complexity index is 1480. The van der Waals surface area contributed by atoms with Gasteiger partial charge in [-0.25, -0.2) is 9.59 Å². The van der Waals surface area contributed by atoms with E-state index in [1.165, 1.54) is 6.42 Å². The van der Waals surface area contributed by atoms with Crippen molar-refractivity contribution in [1.82, 2.24) is 15.1 Å². The van der Waals surface area contributed by atoms with Crippen LogP contribution in [0.4, 0.5) is 21.0 Å². The molecule has 10 nitrogen and oxygen atoms in total. The van der Waals surface area contributed by atoms with Crippen molar-refractivity contribution in [2.24, 2.45) is 5.92 Å². The summed E-state index contributed by atoms with van der Waals surface area (Å²) in [6.07, 6.45) is 4.71. The fourth-order valence-electron chi connectivity index (χ4n) is 6.05. The van der Waals surface area contributed by atoms with Gasteiger partial charge in [0, 0.05) is 30.9 Å². The molecule has 0 bridgehead atoms. The van der Waals surface area contributed by atoms with Crippen molar-refractivity contribution in [3.8, 4) is 5.75 Å². The average Bonchev–Trinajstić information content (AvgIpc) is 3.03. The molecule has 0 spiro atoms. The predicted octanol–water partition coefficient (Wildman–Crippen LogP) is 5.68. The van der Waals surface area contributed by atoms with Crippen LogP contribution in [0.3, 0.4) is 0 Å². The topological polar surface area (TPSA) is 123 Å². The van der Waals surface area contributed by atoms with Gasteiger partial charge >= 0.3 is 12.1 Å². The second-order valence-electron chi connectivity index (χ2n) is 12.1. The van der Waals surface area contributed by atoms with Gasteiger partial charge in [-0.3, -0.25) is 4.79 Å². The fraction of sp³-hybridized carbons (Fsp3) is 0.441. The van der Waals surface area contributed by atoms with Crippen LogP contribution in [0, 0.1) is 5.92 Å². The lowest BCUT2D eigenvalue weighted by atomic mass is 9.96. The maximum Gasteiger partial charge on any atom is 0.321 e. The summed E-state index contributed by atoms with van der Waals surface area (Å²) < 4.78 is 6.57. The number of carbonyl (C=O) groups is 3. The normalized spacial score (nSPS) is 19.6. The van der Waals surface area contributed by atoms with Gasteiger partial charge in [0.2, 0.25) is 0 Å². The molecule has 4 N–H and O–H groups in total. The van der Waals surface area contributed by atoms with Gasteiger partial charge in [0.05, 0.1) is 36.1 Å². The molecule has 0 radical (unpaired) electrons. The summed E-state index contributed by atoms with van der Waals surface area (Å²) >= 11 is 0. The van der Waals surface area contributed by atoms with E-state index in [-0.39, 0.29) is 48.8 Å². The number of aliphatic hydroxyl groups is 1. The van der Waals surface area contributed by atoms with E-state index in [9.17, 15) is 19.5 Å². The highest BCUT2D eigenvalue weighted by Crippen LogP contribution is 2.35. The molecular weight excluding hydrogens is 558 g/mol. The number of rotatable bonds is 7. The van der Waals surface area contributed by atoms with Crippen LogP contribution < -0.4 is 20.7 Å². The first-order valence-corrected chi connectivity index (χ1v) is 15.5. The number of carbonyl (C=O) groups excluding carboxylic acids is 3. The van der Waals surface area contributed by atoms with Crippen molar-refractivity contribution in [2.45, 2.75) is 64.1 Å². The Balaban J connectivity index is 1.39. The van der Waals surface area contributed by atoms with E-state index < -0.39 is 12.1 Å². The summed E-state index contributed by atoms with van der Waals surface area (Å²) in [5.74, 6) is -0.242. The number of nitrogens with zero attached hydrogens (tertiary/aromatic N) is 2. The van der Waals surface area contributed by atoms with Crippen LogP contribution in [0.5, 0.6) is 5.75 Å². The van der Waals surface area contributed by atoms with Crippen LogP contribution in [0.15, 0.2) is 60.7 Å². The van der Waals surface area contributed by atoms with E-state index in [2.05, 4.69) is 16.0 Å². The van der Waals surface area contributed by atoms with Gasteiger partial charge < -0.3 is 35.6 Å². The molecule has 10 heteroatoms. The van der Waals surface area contributed by atoms with Crippen LogP contribution in [0.1, 0.15) is 56.3 Å². The maximum atomic E-state index is 13.8.